The Kier molecular flexibility index (Phi) is 5.41. The number of hydrogen-bond acceptors (Lipinski definition) is 3. The highest BCUT2D eigenvalue weighted by Crippen LogP contribution is 2.26. The molecule has 27 heavy (non-hydrogen) atoms. The largest absolute Gasteiger partial charge is 0.493 e. The van der Waals surface area contributed by atoms with Gasteiger partial charge in [-0.25, -0.2) is 0 Å². The number of carbonyl (C=O) groups excluding carboxylic acids is 2. The lowest BCUT2D eigenvalue weighted by molar-refractivity contribution is 0.0844. The van der Waals surface area contributed by atoms with Crippen molar-refractivity contribution in [2.45, 2.75) is 20.8 Å². The van der Waals surface area contributed by atoms with Crippen molar-refractivity contribution in [1.82, 2.24) is 10.9 Å². The first kappa shape index (κ1) is 18.5. The molecule has 0 aliphatic heterocycles. The van der Waals surface area contributed by atoms with Gasteiger partial charge in [0.15, 0.2) is 0 Å². The number of aryl methyl sites for hydroxylation is 2. The molecular weight excluding hydrogens is 340 g/mol. The molecular formula is C22H22N2O3. The van der Waals surface area contributed by atoms with Crippen molar-refractivity contribution >= 4 is 22.6 Å². The molecule has 0 bridgehead atoms. The molecule has 3 aromatic carbocycles. The van der Waals surface area contributed by atoms with Gasteiger partial charge in [0.05, 0.1) is 12.2 Å². The van der Waals surface area contributed by atoms with Crippen LogP contribution in [0.1, 0.15) is 38.8 Å². The Morgan fingerprint density at radius 2 is 1.48 bits per heavy atom. The Morgan fingerprint density at radius 3 is 2.11 bits per heavy atom. The van der Waals surface area contributed by atoms with Crippen molar-refractivity contribution in [3.63, 3.8) is 0 Å². The van der Waals surface area contributed by atoms with Crippen LogP contribution in [0.15, 0.2) is 54.6 Å². The number of carbonyl (C=O) groups is 2. The molecule has 0 fully saturated rings. The highest BCUT2D eigenvalue weighted by Gasteiger charge is 2.16. The SMILES string of the molecule is CCOc1cc2ccccc2cc1C(=O)NNC(=O)c1ccc(C)cc1C. The van der Waals surface area contributed by atoms with E-state index in [2.05, 4.69) is 10.9 Å². The van der Waals surface area contributed by atoms with E-state index in [1.165, 1.54) is 0 Å². The molecule has 0 radical (unpaired) electrons. The van der Waals surface area contributed by atoms with Gasteiger partial charge in [0, 0.05) is 5.56 Å². The molecule has 0 spiro atoms. The average molecular weight is 362 g/mol. The normalized spacial score (nSPS) is 10.5. The van der Waals surface area contributed by atoms with Crippen LogP contribution in [-0.2, 0) is 0 Å². The van der Waals surface area contributed by atoms with Crippen LogP contribution in [0.4, 0.5) is 0 Å². The lowest BCUT2D eigenvalue weighted by Gasteiger charge is -2.13. The van der Waals surface area contributed by atoms with Gasteiger partial charge in [-0.05, 0) is 55.3 Å². The molecule has 0 aromatic heterocycles. The zero-order valence-electron chi connectivity index (χ0n) is 15.6. The monoisotopic (exact) mass is 362 g/mol. The third-order valence-electron chi connectivity index (χ3n) is 4.31. The van der Waals surface area contributed by atoms with Crippen molar-refractivity contribution in [3.05, 3.63) is 76.9 Å². The van der Waals surface area contributed by atoms with E-state index in [9.17, 15) is 9.59 Å². The fraction of sp³-hybridized carbons (Fsp3) is 0.182. The number of ether oxygens (including phenoxy) is 1. The zero-order valence-corrected chi connectivity index (χ0v) is 15.6. The Balaban J connectivity index is 1.81. The summed E-state index contributed by atoms with van der Waals surface area (Å²) in [7, 11) is 0. The van der Waals surface area contributed by atoms with Gasteiger partial charge in [-0.1, -0.05) is 42.0 Å². The molecule has 0 aliphatic carbocycles. The smallest absolute Gasteiger partial charge is 0.273 e. The number of benzene rings is 3. The minimum Gasteiger partial charge on any atom is -0.493 e. The van der Waals surface area contributed by atoms with Crippen molar-refractivity contribution in [2.75, 3.05) is 6.61 Å². The van der Waals surface area contributed by atoms with E-state index < -0.39 is 5.91 Å². The summed E-state index contributed by atoms with van der Waals surface area (Å²) in [6.07, 6.45) is 0. The minimum atomic E-state index is -0.428. The molecule has 5 heteroatoms. The van der Waals surface area contributed by atoms with Gasteiger partial charge in [0.25, 0.3) is 11.8 Å². The summed E-state index contributed by atoms with van der Waals surface area (Å²) in [5.41, 5.74) is 7.78. The van der Waals surface area contributed by atoms with Gasteiger partial charge in [0.1, 0.15) is 5.75 Å². The molecule has 3 rings (SSSR count). The number of rotatable bonds is 4. The molecule has 3 aromatic rings. The van der Waals surface area contributed by atoms with Crippen LogP contribution in [0.3, 0.4) is 0 Å². The number of fused-ring (bicyclic) bond motifs is 1. The van der Waals surface area contributed by atoms with Gasteiger partial charge in [-0.15, -0.1) is 0 Å². The summed E-state index contributed by atoms with van der Waals surface area (Å²) in [6.45, 7) is 6.12. The summed E-state index contributed by atoms with van der Waals surface area (Å²) < 4.78 is 5.62. The predicted octanol–water partition coefficient (Wildman–Crippen LogP) is 3.93. The number of hydrazine groups is 1. The summed E-state index contributed by atoms with van der Waals surface area (Å²) >= 11 is 0. The Bertz CT molecular complexity index is 1010. The van der Waals surface area contributed by atoms with Crippen LogP contribution in [0.25, 0.3) is 10.8 Å². The van der Waals surface area contributed by atoms with Crippen molar-refractivity contribution in [3.8, 4) is 5.75 Å². The maximum Gasteiger partial charge on any atom is 0.273 e. The molecule has 0 unspecified atom stereocenters. The van der Waals surface area contributed by atoms with Crippen LogP contribution in [0, 0.1) is 13.8 Å². The molecule has 0 saturated carbocycles. The van der Waals surface area contributed by atoms with Gasteiger partial charge < -0.3 is 4.74 Å². The second-order valence-corrected chi connectivity index (χ2v) is 6.36. The van der Waals surface area contributed by atoms with Crippen molar-refractivity contribution in [2.24, 2.45) is 0 Å². The lowest BCUT2D eigenvalue weighted by Crippen LogP contribution is -2.42. The molecule has 0 atom stereocenters. The summed E-state index contributed by atoms with van der Waals surface area (Å²) in [5.74, 6) is -0.309. The van der Waals surface area contributed by atoms with Gasteiger partial charge in [0.2, 0.25) is 0 Å². The van der Waals surface area contributed by atoms with Gasteiger partial charge >= 0.3 is 0 Å². The Labute approximate surface area is 158 Å². The zero-order chi connectivity index (χ0) is 19.4. The maximum atomic E-state index is 12.7. The highest BCUT2D eigenvalue weighted by atomic mass is 16.5. The summed E-state index contributed by atoms with van der Waals surface area (Å²) in [4.78, 5) is 25.0. The lowest BCUT2D eigenvalue weighted by atomic mass is 10.1. The Morgan fingerprint density at radius 1 is 0.852 bits per heavy atom. The third kappa shape index (κ3) is 4.08. The van der Waals surface area contributed by atoms with E-state index in [-0.39, 0.29) is 5.91 Å². The second-order valence-electron chi connectivity index (χ2n) is 6.36. The van der Waals surface area contributed by atoms with Crippen LogP contribution in [0.2, 0.25) is 0 Å². The Hall–Kier alpha value is -3.34. The summed E-state index contributed by atoms with van der Waals surface area (Å²) in [6, 6.07) is 16.9. The topological polar surface area (TPSA) is 67.4 Å². The van der Waals surface area contributed by atoms with Crippen LogP contribution in [0.5, 0.6) is 5.75 Å². The second kappa shape index (κ2) is 7.91. The molecule has 2 N–H and O–H groups in total. The summed E-state index contributed by atoms with van der Waals surface area (Å²) in [5, 5.41) is 1.91. The van der Waals surface area contributed by atoms with E-state index in [0.29, 0.717) is 23.5 Å². The van der Waals surface area contributed by atoms with Crippen molar-refractivity contribution < 1.29 is 14.3 Å². The minimum absolute atomic E-state index is 0.361. The van der Waals surface area contributed by atoms with Crippen LogP contribution < -0.4 is 15.6 Å². The van der Waals surface area contributed by atoms with Gasteiger partial charge in [-0.2, -0.15) is 0 Å². The fourth-order valence-corrected chi connectivity index (χ4v) is 2.99. The number of nitrogens with one attached hydrogen (secondary N) is 2. The van der Waals surface area contributed by atoms with E-state index in [1.54, 1.807) is 12.1 Å². The fourth-order valence-electron chi connectivity index (χ4n) is 2.99. The maximum absolute atomic E-state index is 12.7. The van der Waals surface area contributed by atoms with E-state index in [1.807, 2.05) is 63.2 Å². The first-order valence-corrected chi connectivity index (χ1v) is 8.83. The molecule has 5 nitrogen and oxygen atoms in total. The van der Waals surface area contributed by atoms with Crippen LogP contribution in [-0.4, -0.2) is 18.4 Å². The van der Waals surface area contributed by atoms with E-state index in [0.717, 1.165) is 21.9 Å². The average Bonchev–Trinajstić information content (AvgIpc) is 2.65. The number of amides is 2. The standard InChI is InChI=1S/C22H22N2O3/c1-4-27-20-13-17-8-6-5-7-16(17)12-19(20)22(26)24-23-21(25)18-10-9-14(2)11-15(18)3/h5-13H,4H2,1-3H3,(H,23,25)(H,24,26). The predicted molar refractivity (Wildman–Crippen MR) is 106 cm³/mol. The molecule has 2 amide bonds. The third-order valence-corrected chi connectivity index (χ3v) is 4.31. The quantitative estimate of drug-likeness (QED) is 0.691. The first-order chi connectivity index (χ1) is 13.0. The first-order valence-electron chi connectivity index (χ1n) is 8.83. The van der Waals surface area contributed by atoms with Crippen LogP contribution >= 0.6 is 0 Å². The molecule has 0 saturated heterocycles. The van der Waals surface area contributed by atoms with Gasteiger partial charge in [-0.3, -0.25) is 20.4 Å². The molecule has 138 valence electrons. The van der Waals surface area contributed by atoms with Crippen molar-refractivity contribution in [1.29, 1.82) is 0 Å². The molecule has 0 aliphatic rings. The van der Waals surface area contributed by atoms with E-state index >= 15 is 0 Å². The number of hydrogen-bond donors (Lipinski definition) is 2. The van der Waals surface area contributed by atoms with E-state index in [4.69, 9.17) is 4.74 Å². The molecule has 0 heterocycles. The highest BCUT2D eigenvalue weighted by molar-refractivity contribution is 6.03.